The fourth-order valence-corrected chi connectivity index (χ4v) is 2.68. The van der Waals surface area contributed by atoms with Gasteiger partial charge in [0.15, 0.2) is 6.61 Å². The second-order valence-corrected chi connectivity index (χ2v) is 6.97. The molecule has 3 aromatic rings. The number of rotatable bonds is 6. The summed E-state index contributed by atoms with van der Waals surface area (Å²) in [5, 5.41) is 4.80. The van der Waals surface area contributed by atoms with Crippen LogP contribution < -0.4 is 10.2 Å². The van der Waals surface area contributed by atoms with Gasteiger partial charge >= 0.3 is 0 Å². The maximum absolute atomic E-state index is 11.8. The molecule has 1 heterocycles. The minimum atomic E-state index is -0.370. The zero-order valence-corrected chi connectivity index (χ0v) is 16.8. The van der Waals surface area contributed by atoms with Crippen molar-refractivity contribution >= 4 is 35.3 Å². The highest BCUT2D eigenvalue weighted by molar-refractivity contribution is 6.42. The Hall–Kier alpha value is -2.76. The molecule has 1 aromatic heterocycles. The van der Waals surface area contributed by atoms with Crippen molar-refractivity contribution in [3.8, 4) is 17.1 Å². The summed E-state index contributed by atoms with van der Waals surface area (Å²) in [5.41, 5.74) is 5.46. The average molecular weight is 417 g/mol. The van der Waals surface area contributed by atoms with Gasteiger partial charge in [-0.1, -0.05) is 29.3 Å². The summed E-state index contributed by atoms with van der Waals surface area (Å²) in [4.78, 5) is 11.8. The number of nitrogens with zero attached hydrogens (tertiary/aromatic N) is 1. The number of carbonyl (C=O) groups is 1. The molecule has 2 aromatic carbocycles. The molecule has 0 radical (unpaired) electrons. The lowest BCUT2D eigenvalue weighted by Gasteiger charge is -2.07. The molecule has 0 aliphatic heterocycles. The van der Waals surface area contributed by atoms with Crippen molar-refractivity contribution in [2.45, 2.75) is 13.8 Å². The molecule has 0 aliphatic rings. The molecule has 5 nitrogen and oxygen atoms in total. The van der Waals surface area contributed by atoms with E-state index in [-0.39, 0.29) is 12.5 Å². The Balaban J connectivity index is 1.53. The summed E-state index contributed by atoms with van der Waals surface area (Å²) >= 11 is 11.9. The number of hydrogen-bond donors (Lipinski definition) is 1. The van der Waals surface area contributed by atoms with Crippen molar-refractivity contribution in [2.75, 3.05) is 6.61 Å². The van der Waals surface area contributed by atoms with E-state index in [4.69, 9.17) is 32.4 Å². The molecule has 1 amide bonds. The Labute approximate surface area is 172 Å². The Kier molecular flexibility index (Phi) is 6.39. The third-order valence-electron chi connectivity index (χ3n) is 4.06. The Morgan fingerprint density at radius 1 is 1.07 bits per heavy atom. The van der Waals surface area contributed by atoms with E-state index in [1.807, 2.05) is 32.0 Å². The third kappa shape index (κ3) is 5.15. The number of carbonyl (C=O) groups excluding carboxylic acids is 1. The maximum atomic E-state index is 11.8. The van der Waals surface area contributed by atoms with Crippen molar-refractivity contribution in [3.05, 3.63) is 75.5 Å². The van der Waals surface area contributed by atoms with Crippen molar-refractivity contribution in [2.24, 2.45) is 5.10 Å². The van der Waals surface area contributed by atoms with Crippen LogP contribution in [0, 0.1) is 13.8 Å². The molecule has 0 bridgehead atoms. The number of benzene rings is 2. The molecule has 1 N–H and O–H groups in total. The number of furan rings is 1. The molecule has 0 saturated heterocycles. The minimum absolute atomic E-state index is 0.132. The van der Waals surface area contributed by atoms with Gasteiger partial charge in [-0.3, -0.25) is 4.79 Å². The van der Waals surface area contributed by atoms with Crippen LogP contribution in [-0.2, 0) is 4.79 Å². The molecule has 0 fully saturated rings. The fraction of sp³-hybridized carbons (Fsp3) is 0.143. The molecule has 3 rings (SSSR count). The van der Waals surface area contributed by atoms with E-state index < -0.39 is 0 Å². The van der Waals surface area contributed by atoms with Crippen LogP contribution in [0.3, 0.4) is 0 Å². The van der Waals surface area contributed by atoms with Gasteiger partial charge in [-0.05, 0) is 67.4 Å². The second-order valence-electron chi connectivity index (χ2n) is 6.16. The average Bonchev–Trinajstić information content (AvgIpc) is 3.14. The van der Waals surface area contributed by atoms with E-state index in [0.29, 0.717) is 27.3 Å². The monoisotopic (exact) mass is 416 g/mol. The van der Waals surface area contributed by atoms with Gasteiger partial charge in [-0.15, -0.1) is 0 Å². The summed E-state index contributed by atoms with van der Waals surface area (Å²) in [6, 6.07) is 14.4. The van der Waals surface area contributed by atoms with E-state index in [2.05, 4.69) is 10.5 Å². The quantitative estimate of drug-likeness (QED) is 0.432. The Bertz CT molecular complexity index is 1030. The number of amides is 1. The first-order valence-electron chi connectivity index (χ1n) is 8.49. The van der Waals surface area contributed by atoms with Crippen LogP contribution in [0.15, 0.2) is 58.0 Å². The van der Waals surface area contributed by atoms with Crippen molar-refractivity contribution in [1.82, 2.24) is 5.43 Å². The van der Waals surface area contributed by atoms with E-state index in [1.54, 1.807) is 30.3 Å². The fourth-order valence-electron chi connectivity index (χ4n) is 2.38. The van der Waals surface area contributed by atoms with Crippen molar-refractivity contribution in [1.29, 1.82) is 0 Å². The molecule has 0 unspecified atom stereocenters. The molecule has 0 atom stereocenters. The van der Waals surface area contributed by atoms with E-state index in [0.717, 1.165) is 11.1 Å². The summed E-state index contributed by atoms with van der Waals surface area (Å²) in [5.74, 6) is 1.37. The van der Waals surface area contributed by atoms with Crippen LogP contribution in [-0.4, -0.2) is 18.7 Å². The van der Waals surface area contributed by atoms with Gasteiger partial charge in [-0.2, -0.15) is 5.10 Å². The van der Waals surface area contributed by atoms with Gasteiger partial charge in [-0.25, -0.2) is 5.43 Å². The lowest BCUT2D eigenvalue weighted by Crippen LogP contribution is -2.24. The van der Waals surface area contributed by atoms with Crippen LogP contribution in [0.5, 0.6) is 5.75 Å². The van der Waals surface area contributed by atoms with Gasteiger partial charge < -0.3 is 9.15 Å². The van der Waals surface area contributed by atoms with Crippen molar-refractivity contribution in [3.63, 3.8) is 0 Å². The second kappa shape index (κ2) is 8.95. The summed E-state index contributed by atoms with van der Waals surface area (Å²) in [7, 11) is 0. The SMILES string of the molecule is Cc1ccc(OCC(=O)N/N=C\c2ccc(-c3ccc(Cl)c(Cl)c3)o2)cc1C. The van der Waals surface area contributed by atoms with Gasteiger partial charge in [0.1, 0.15) is 17.3 Å². The predicted molar refractivity (Wildman–Crippen MR) is 111 cm³/mol. The van der Waals surface area contributed by atoms with Crippen LogP contribution in [0.25, 0.3) is 11.3 Å². The first-order valence-corrected chi connectivity index (χ1v) is 9.25. The third-order valence-corrected chi connectivity index (χ3v) is 4.80. The standard InChI is InChI=1S/C21H18Cl2N2O3/c1-13-3-5-16(9-14(13)2)27-12-21(26)25-24-11-17-6-8-20(28-17)15-4-7-18(22)19(23)10-15/h3-11H,12H2,1-2H3,(H,25,26)/b24-11-. The van der Waals surface area contributed by atoms with Crippen molar-refractivity contribution < 1.29 is 13.9 Å². The molecular formula is C21H18Cl2N2O3. The summed E-state index contributed by atoms with van der Waals surface area (Å²) in [6.07, 6.45) is 1.41. The summed E-state index contributed by atoms with van der Waals surface area (Å²) in [6.45, 7) is 3.87. The summed E-state index contributed by atoms with van der Waals surface area (Å²) < 4.78 is 11.1. The molecule has 0 aliphatic carbocycles. The van der Waals surface area contributed by atoms with Crippen LogP contribution in [0.2, 0.25) is 10.0 Å². The van der Waals surface area contributed by atoms with Gasteiger partial charge in [0.05, 0.1) is 16.3 Å². The maximum Gasteiger partial charge on any atom is 0.277 e. The van der Waals surface area contributed by atoms with E-state index in [9.17, 15) is 4.79 Å². The Morgan fingerprint density at radius 3 is 2.64 bits per heavy atom. The predicted octanol–water partition coefficient (Wildman–Crippen LogP) is 5.40. The number of aryl methyl sites for hydroxylation is 2. The molecule has 7 heteroatoms. The number of halogens is 2. The van der Waals surface area contributed by atoms with Gasteiger partial charge in [0.25, 0.3) is 5.91 Å². The van der Waals surface area contributed by atoms with Crippen LogP contribution in [0.1, 0.15) is 16.9 Å². The smallest absolute Gasteiger partial charge is 0.277 e. The number of ether oxygens (including phenoxy) is 1. The highest BCUT2D eigenvalue weighted by Crippen LogP contribution is 2.29. The largest absolute Gasteiger partial charge is 0.484 e. The number of hydrogen-bond acceptors (Lipinski definition) is 4. The van der Waals surface area contributed by atoms with Crippen LogP contribution >= 0.6 is 23.2 Å². The first kappa shape index (κ1) is 20.0. The topological polar surface area (TPSA) is 63.8 Å². The van der Waals surface area contributed by atoms with E-state index >= 15 is 0 Å². The highest BCUT2D eigenvalue weighted by Gasteiger charge is 2.07. The lowest BCUT2D eigenvalue weighted by molar-refractivity contribution is -0.123. The molecule has 0 saturated carbocycles. The molecular weight excluding hydrogens is 399 g/mol. The number of nitrogens with one attached hydrogen (secondary N) is 1. The normalized spacial score (nSPS) is 11.0. The molecule has 0 spiro atoms. The Morgan fingerprint density at radius 2 is 1.89 bits per heavy atom. The molecule has 28 heavy (non-hydrogen) atoms. The van der Waals surface area contributed by atoms with Gasteiger partial charge in [0, 0.05) is 5.56 Å². The minimum Gasteiger partial charge on any atom is -0.484 e. The van der Waals surface area contributed by atoms with Gasteiger partial charge in [0.2, 0.25) is 0 Å². The lowest BCUT2D eigenvalue weighted by atomic mass is 10.1. The van der Waals surface area contributed by atoms with Crippen LogP contribution in [0.4, 0.5) is 0 Å². The zero-order valence-electron chi connectivity index (χ0n) is 15.3. The number of hydrazone groups is 1. The molecule has 144 valence electrons. The van der Waals surface area contributed by atoms with E-state index in [1.165, 1.54) is 11.8 Å². The zero-order chi connectivity index (χ0) is 20.1. The first-order chi connectivity index (χ1) is 13.4. The highest BCUT2D eigenvalue weighted by atomic mass is 35.5.